The van der Waals surface area contributed by atoms with Crippen LogP contribution in [0.5, 0.6) is 0 Å². The maximum Gasteiger partial charge on any atom is 0.247 e. The second-order valence-electron chi connectivity index (χ2n) is 6.29. The maximum atomic E-state index is 12.9. The quantitative estimate of drug-likeness (QED) is 0.783. The Kier molecular flexibility index (Phi) is 5.65. The van der Waals surface area contributed by atoms with Crippen LogP contribution in [0.3, 0.4) is 0 Å². The summed E-state index contributed by atoms with van der Waals surface area (Å²) in [6, 6.07) is 6.27. The van der Waals surface area contributed by atoms with Crippen LogP contribution in [0.1, 0.15) is 18.9 Å². The molecule has 7 nitrogen and oxygen atoms in total. The number of nitrogens with one attached hydrogen (secondary N) is 1. The molecule has 140 valence electrons. The summed E-state index contributed by atoms with van der Waals surface area (Å²) in [4.78, 5) is 6.36. The Hall–Kier alpha value is -2.29. The molecule has 0 saturated carbocycles. The molecule has 1 aliphatic rings. The van der Waals surface area contributed by atoms with E-state index < -0.39 is 9.84 Å². The zero-order valence-electron chi connectivity index (χ0n) is 14.6. The van der Waals surface area contributed by atoms with Gasteiger partial charge in [0.05, 0.1) is 17.7 Å². The van der Waals surface area contributed by atoms with Crippen LogP contribution in [0.25, 0.3) is 0 Å². The van der Waals surface area contributed by atoms with Gasteiger partial charge in [0.1, 0.15) is 5.82 Å². The van der Waals surface area contributed by atoms with Crippen molar-refractivity contribution < 1.29 is 12.8 Å². The highest BCUT2D eigenvalue weighted by Crippen LogP contribution is 2.21. The van der Waals surface area contributed by atoms with E-state index in [4.69, 9.17) is 0 Å². The highest BCUT2D eigenvalue weighted by Gasteiger charge is 2.33. The number of anilines is 2. The molecule has 1 fully saturated rings. The molecule has 0 spiro atoms. The van der Waals surface area contributed by atoms with Gasteiger partial charge in [-0.1, -0.05) is 12.1 Å². The third kappa shape index (κ3) is 4.66. The summed E-state index contributed by atoms with van der Waals surface area (Å²) in [5, 5.41) is 11.2. The van der Waals surface area contributed by atoms with Crippen LogP contribution in [-0.4, -0.2) is 54.2 Å². The topological polar surface area (TPSA) is 88.1 Å². The third-order valence-electron chi connectivity index (χ3n) is 4.43. The van der Waals surface area contributed by atoms with Gasteiger partial charge in [-0.3, -0.25) is 0 Å². The molecular formula is C17H22FN5O2S. The largest absolute Gasteiger partial charge is 0.368 e. The molecule has 1 N–H and O–H groups in total. The molecule has 1 saturated heterocycles. The molecule has 2 heterocycles. The van der Waals surface area contributed by atoms with Gasteiger partial charge in [-0.05, 0) is 37.5 Å². The van der Waals surface area contributed by atoms with E-state index in [0.717, 1.165) is 12.0 Å². The van der Waals surface area contributed by atoms with Crippen molar-refractivity contribution in [3.05, 3.63) is 41.8 Å². The van der Waals surface area contributed by atoms with Gasteiger partial charge < -0.3 is 10.2 Å². The molecule has 0 radical (unpaired) electrons. The van der Waals surface area contributed by atoms with E-state index >= 15 is 0 Å². The van der Waals surface area contributed by atoms with Crippen LogP contribution in [0.2, 0.25) is 0 Å². The molecule has 1 aliphatic heterocycles. The molecule has 0 bridgehead atoms. The fourth-order valence-corrected chi connectivity index (χ4v) is 4.80. The predicted molar refractivity (Wildman–Crippen MR) is 98.5 cm³/mol. The van der Waals surface area contributed by atoms with Crippen molar-refractivity contribution in [2.45, 2.75) is 25.8 Å². The van der Waals surface area contributed by atoms with Gasteiger partial charge in [-0.15, -0.1) is 5.10 Å². The molecular weight excluding hydrogens is 357 g/mol. The van der Waals surface area contributed by atoms with E-state index in [9.17, 15) is 12.8 Å². The van der Waals surface area contributed by atoms with Crippen LogP contribution in [0, 0.1) is 5.82 Å². The SMILES string of the molecule is CCN(c1nncc(NCCc2ccc(F)cc2)n1)C1CCS(=O)(=O)C1. The normalized spacial score (nSPS) is 18.6. The summed E-state index contributed by atoms with van der Waals surface area (Å²) in [6.07, 6.45) is 2.84. The van der Waals surface area contributed by atoms with E-state index in [0.29, 0.717) is 31.3 Å². The van der Waals surface area contributed by atoms with Crippen LogP contribution in [-0.2, 0) is 16.3 Å². The Balaban J connectivity index is 1.62. The van der Waals surface area contributed by atoms with E-state index in [1.165, 1.54) is 18.3 Å². The fourth-order valence-electron chi connectivity index (χ4n) is 3.07. The van der Waals surface area contributed by atoms with Gasteiger partial charge in [-0.25, -0.2) is 12.8 Å². The third-order valence-corrected chi connectivity index (χ3v) is 6.18. The molecule has 9 heteroatoms. The van der Waals surface area contributed by atoms with E-state index in [1.54, 1.807) is 12.1 Å². The van der Waals surface area contributed by atoms with Crippen molar-refractivity contribution in [2.75, 3.05) is 34.8 Å². The summed E-state index contributed by atoms with van der Waals surface area (Å²) < 4.78 is 36.4. The lowest BCUT2D eigenvalue weighted by molar-refractivity contribution is 0.598. The van der Waals surface area contributed by atoms with Gasteiger partial charge in [0.15, 0.2) is 15.7 Å². The number of sulfone groups is 1. The Bertz CT molecular complexity index is 844. The highest BCUT2D eigenvalue weighted by atomic mass is 32.2. The van der Waals surface area contributed by atoms with Gasteiger partial charge >= 0.3 is 0 Å². The molecule has 0 aliphatic carbocycles. The summed E-state index contributed by atoms with van der Waals surface area (Å²) in [6.45, 7) is 3.18. The number of hydrogen-bond acceptors (Lipinski definition) is 7. The van der Waals surface area contributed by atoms with Crippen LogP contribution in [0.4, 0.5) is 16.2 Å². The first-order valence-electron chi connectivity index (χ1n) is 8.62. The van der Waals surface area contributed by atoms with E-state index in [1.807, 2.05) is 11.8 Å². The Morgan fingerprint density at radius 2 is 2.08 bits per heavy atom. The van der Waals surface area contributed by atoms with Crippen molar-refractivity contribution >= 4 is 21.6 Å². The summed E-state index contributed by atoms with van der Waals surface area (Å²) in [5.41, 5.74) is 1.02. The van der Waals surface area contributed by atoms with E-state index in [-0.39, 0.29) is 23.4 Å². The minimum absolute atomic E-state index is 0.110. The molecule has 2 aromatic rings. The molecule has 26 heavy (non-hydrogen) atoms. The number of halogens is 1. The first-order valence-corrected chi connectivity index (χ1v) is 10.4. The Morgan fingerprint density at radius 3 is 2.73 bits per heavy atom. The minimum Gasteiger partial charge on any atom is -0.368 e. The van der Waals surface area contributed by atoms with Gasteiger partial charge in [0.25, 0.3) is 0 Å². The predicted octanol–water partition coefficient (Wildman–Crippen LogP) is 1.68. The van der Waals surface area contributed by atoms with Crippen molar-refractivity contribution in [1.29, 1.82) is 0 Å². The average Bonchev–Trinajstić information content (AvgIpc) is 2.97. The fraction of sp³-hybridized carbons (Fsp3) is 0.471. The van der Waals surface area contributed by atoms with E-state index in [2.05, 4.69) is 20.5 Å². The van der Waals surface area contributed by atoms with Crippen LogP contribution >= 0.6 is 0 Å². The first kappa shape index (κ1) is 18.5. The van der Waals surface area contributed by atoms with Crippen LogP contribution in [0.15, 0.2) is 30.5 Å². The zero-order valence-corrected chi connectivity index (χ0v) is 15.4. The standard InChI is InChI=1S/C17H22FN5O2S/c1-2-23(15-8-10-26(24,25)12-15)17-21-16(11-20-22-17)19-9-7-13-3-5-14(18)6-4-13/h3-6,11,15H,2,7-10,12H2,1H3,(H,19,21,22). The number of nitrogens with zero attached hydrogens (tertiary/aromatic N) is 4. The van der Waals surface area contributed by atoms with Crippen molar-refractivity contribution in [3.8, 4) is 0 Å². The summed E-state index contributed by atoms with van der Waals surface area (Å²) in [5.74, 6) is 1.10. The molecule has 1 unspecified atom stereocenters. The number of rotatable bonds is 7. The molecule has 1 aromatic carbocycles. The number of benzene rings is 1. The van der Waals surface area contributed by atoms with Crippen molar-refractivity contribution in [3.63, 3.8) is 0 Å². The minimum atomic E-state index is -2.98. The summed E-state index contributed by atoms with van der Waals surface area (Å²) in [7, 11) is -2.98. The maximum absolute atomic E-state index is 12.9. The highest BCUT2D eigenvalue weighted by molar-refractivity contribution is 7.91. The van der Waals surface area contributed by atoms with Crippen molar-refractivity contribution in [1.82, 2.24) is 15.2 Å². The smallest absolute Gasteiger partial charge is 0.247 e. The molecule has 0 amide bonds. The zero-order chi connectivity index (χ0) is 18.6. The van der Waals surface area contributed by atoms with Crippen molar-refractivity contribution in [2.24, 2.45) is 0 Å². The second kappa shape index (κ2) is 7.94. The number of hydrogen-bond donors (Lipinski definition) is 1. The molecule has 1 aromatic heterocycles. The Morgan fingerprint density at radius 1 is 1.31 bits per heavy atom. The number of aromatic nitrogens is 3. The van der Waals surface area contributed by atoms with Gasteiger partial charge in [-0.2, -0.15) is 10.1 Å². The second-order valence-corrected chi connectivity index (χ2v) is 8.52. The average molecular weight is 379 g/mol. The van der Waals surface area contributed by atoms with Gasteiger partial charge in [0, 0.05) is 19.1 Å². The molecule has 1 atom stereocenters. The lowest BCUT2D eigenvalue weighted by Crippen LogP contribution is -2.37. The lowest BCUT2D eigenvalue weighted by atomic mass is 10.1. The lowest BCUT2D eigenvalue weighted by Gasteiger charge is -2.26. The molecule has 3 rings (SSSR count). The van der Waals surface area contributed by atoms with Gasteiger partial charge in [0.2, 0.25) is 5.95 Å². The summed E-state index contributed by atoms with van der Waals surface area (Å²) >= 11 is 0. The Labute approximate surface area is 152 Å². The monoisotopic (exact) mass is 379 g/mol. The first-order chi connectivity index (χ1) is 12.5. The van der Waals surface area contributed by atoms with Crippen LogP contribution < -0.4 is 10.2 Å².